The van der Waals surface area contributed by atoms with E-state index in [0.29, 0.717) is 11.3 Å². The van der Waals surface area contributed by atoms with E-state index in [1.165, 1.54) is 11.3 Å². The van der Waals surface area contributed by atoms with E-state index in [9.17, 15) is 9.59 Å². The number of hydrazine groups is 1. The quantitative estimate of drug-likeness (QED) is 0.715. The smallest absolute Gasteiger partial charge is 0.269 e. The van der Waals surface area contributed by atoms with Gasteiger partial charge in [0.1, 0.15) is 5.01 Å². The number of rotatable bonds is 4. The Morgan fingerprint density at radius 1 is 1.00 bits per heavy atom. The van der Waals surface area contributed by atoms with Crippen LogP contribution in [0.5, 0.6) is 0 Å². The Morgan fingerprint density at radius 3 is 2.54 bits per heavy atom. The van der Waals surface area contributed by atoms with Gasteiger partial charge in [0.05, 0.1) is 17.8 Å². The van der Waals surface area contributed by atoms with Gasteiger partial charge in [0.25, 0.3) is 5.91 Å². The number of benzene rings is 1. The van der Waals surface area contributed by atoms with E-state index in [-0.39, 0.29) is 18.2 Å². The molecule has 0 unspecified atom stereocenters. The summed E-state index contributed by atoms with van der Waals surface area (Å²) in [6, 6.07) is 14.2. The van der Waals surface area contributed by atoms with Crippen molar-refractivity contribution in [3.05, 3.63) is 71.4 Å². The van der Waals surface area contributed by atoms with Gasteiger partial charge in [-0.15, -0.1) is 11.3 Å². The van der Waals surface area contributed by atoms with Crippen molar-refractivity contribution < 1.29 is 9.59 Å². The summed E-state index contributed by atoms with van der Waals surface area (Å²) < 4.78 is 0. The Labute approximate surface area is 142 Å². The Morgan fingerprint density at radius 2 is 1.79 bits per heavy atom. The van der Waals surface area contributed by atoms with E-state index in [4.69, 9.17) is 0 Å². The monoisotopic (exact) mass is 338 g/mol. The number of carbonyl (C=O) groups excluding carboxylic acids is 2. The zero-order chi connectivity index (χ0) is 16.8. The SMILES string of the molecule is O=C(Cc1csc(-c2ccccn2)n1)NNC(=O)c1ccccc1. The molecule has 0 spiro atoms. The topological polar surface area (TPSA) is 84.0 Å². The summed E-state index contributed by atoms with van der Waals surface area (Å²) in [5, 5.41) is 2.56. The highest BCUT2D eigenvalue weighted by Crippen LogP contribution is 2.21. The van der Waals surface area contributed by atoms with Gasteiger partial charge in [-0.25, -0.2) is 4.98 Å². The molecule has 2 amide bonds. The van der Waals surface area contributed by atoms with Crippen molar-refractivity contribution in [2.45, 2.75) is 6.42 Å². The van der Waals surface area contributed by atoms with Crippen LogP contribution in [0.25, 0.3) is 10.7 Å². The van der Waals surface area contributed by atoms with Crippen LogP contribution in [0.15, 0.2) is 60.1 Å². The number of hydrogen-bond donors (Lipinski definition) is 2. The fourth-order valence-electron chi connectivity index (χ4n) is 1.99. The summed E-state index contributed by atoms with van der Waals surface area (Å²) in [5.41, 5.74) is 6.65. The highest BCUT2D eigenvalue weighted by atomic mass is 32.1. The van der Waals surface area contributed by atoms with Gasteiger partial charge in [-0.05, 0) is 24.3 Å². The van der Waals surface area contributed by atoms with E-state index in [2.05, 4.69) is 20.8 Å². The number of aromatic nitrogens is 2. The summed E-state index contributed by atoms with van der Waals surface area (Å²) in [6.07, 6.45) is 1.78. The molecule has 0 aliphatic carbocycles. The molecule has 0 atom stereocenters. The molecule has 0 aliphatic heterocycles. The Bertz CT molecular complexity index is 834. The van der Waals surface area contributed by atoms with E-state index < -0.39 is 0 Å². The molecule has 0 fully saturated rings. The maximum Gasteiger partial charge on any atom is 0.269 e. The number of pyridine rings is 1. The highest BCUT2D eigenvalue weighted by Gasteiger charge is 2.11. The minimum atomic E-state index is -0.364. The van der Waals surface area contributed by atoms with Gasteiger partial charge in [0.2, 0.25) is 5.91 Å². The first-order valence-electron chi connectivity index (χ1n) is 7.22. The predicted octanol–water partition coefficient (Wildman–Crippen LogP) is 2.21. The molecule has 3 aromatic rings. The van der Waals surface area contributed by atoms with Crippen LogP contribution in [0.1, 0.15) is 16.1 Å². The van der Waals surface area contributed by atoms with Crippen molar-refractivity contribution in [1.82, 2.24) is 20.8 Å². The highest BCUT2D eigenvalue weighted by molar-refractivity contribution is 7.13. The lowest BCUT2D eigenvalue weighted by Crippen LogP contribution is -2.42. The maximum atomic E-state index is 11.9. The van der Waals surface area contributed by atoms with Crippen molar-refractivity contribution in [2.24, 2.45) is 0 Å². The summed E-state index contributed by atoms with van der Waals surface area (Å²) in [5.74, 6) is -0.700. The third-order valence-electron chi connectivity index (χ3n) is 3.13. The lowest BCUT2D eigenvalue weighted by molar-refractivity contribution is -0.121. The fourth-order valence-corrected chi connectivity index (χ4v) is 2.79. The average Bonchev–Trinajstić information content (AvgIpc) is 3.09. The summed E-state index contributed by atoms with van der Waals surface area (Å²) in [6.45, 7) is 0. The number of carbonyl (C=O) groups is 2. The maximum absolute atomic E-state index is 11.9. The van der Waals surface area contributed by atoms with E-state index in [1.54, 1.807) is 30.5 Å². The molecule has 7 heteroatoms. The number of thiazole rings is 1. The molecule has 2 heterocycles. The molecule has 0 radical (unpaired) electrons. The van der Waals surface area contributed by atoms with Crippen LogP contribution in [0.2, 0.25) is 0 Å². The summed E-state index contributed by atoms with van der Waals surface area (Å²) in [7, 11) is 0. The van der Waals surface area contributed by atoms with Gasteiger partial charge in [-0.1, -0.05) is 24.3 Å². The second-order valence-electron chi connectivity index (χ2n) is 4.90. The molecule has 0 saturated carbocycles. The lowest BCUT2D eigenvalue weighted by atomic mass is 10.2. The third kappa shape index (κ3) is 4.02. The first-order valence-corrected chi connectivity index (χ1v) is 8.10. The standard InChI is InChI=1S/C17H14N4O2S/c22-15(20-21-16(23)12-6-2-1-3-7-12)10-13-11-24-17(19-13)14-8-4-5-9-18-14/h1-9,11H,10H2,(H,20,22)(H,21,23). The van der Waals surface area contributed by atoms with Crippen LogP contribution in [-0.4, -0.2) is 21.8 Å². The minimum Gasteiger partial charge on any atom is -0.273 e. The van der Waals surface area contributed by atoms with Crippen LogP contribution in [0.3, 0.4) is 0 Å². The Balaban J connectivity index is 1.54. The second-order valence-corrected chi connectivity index (χ2v) is 5.76. The summed E-state index contributed by atoms with van der Waals surface area (Å²) >= 11 is 1.42. The largest absolute Gasteiger partial charge is 0.273 e. The third-order valence-corrected chi connectivity index (χ3v) is 4.04. The number of hydrogen-bond acceptors (Lipinski definition) is 5. The van der Waals surface area contributed by atoms with Crippen LogP contribution in [-0.2, 0) is 11.2 Å². The van der Waals surface area contributed by atoms with E-state index in [1.807, 2.05) is 29.6 Å². The molecule has 0 aliphatic rings. The van der Waals surface area contributed by atoms with Crippen molar-refractivity contribution >= 4 is 23.2 Å². The Hall–Kier alpha value is -3.06. The predicted molar refractivity (Wildman–Crippen MR) is 91.1 cm³/mol. The summed E-state index contributed by atoms with van der Waals surface area (Å²) in [4.78, 5) is 32.4. The normalized spacial score (nSPS) is 10.2. The van der Waals surface area contributed by atoms with Gasteiger partial charge in [0, 0.05) is 17.1 Å². The second kappa shape index (κ2) is 7.47. The van der Waals surface area contributed by atoms with Crippen molar-refractivity contribution in [1.29, 1.82) is 0 Å². The van der Waals surface area contributed by atoms with Gasteiger partial charge >= 0.3 is 0 Å². The van der Waals surface area contributed by atoms with Crippen molar-refractivity contribution in [3.8, 4) is 10.7 Å². The molecule has 6 nitrogen and oxygen atoms in total. The van der Waals surface area contributed by atoms with Crippen molar-refractivity contribution in [3.63, 3.8) is 0 Å². The van der Waals surface area contributed by atoms with E-state index >= 15 is 0 Å². The number of nitrogens with one attached hydrogen (secondary N) is 2. The zero-order valence-electron chi connectivity index (χ0n) is 12.6. The zero-order valence-corrected chi connectivity index (χ0v) is 13.4. The molecule has 24 heavy (non-hydrogen) atoms. The van der Waals surface area contributed by atoms with E-state index in [0.717, 1.165) is 10.7 Å². The van der Waals surface area contributed by atoms with Gasteiger partial charge in [-0.3, -0.25) is 25.4 Å². The minimum absolute atomic E-state index is 0.0817. The first-order chi connectivity index (χ1) is 11.7. The van der Waals surface area contributed by atoms with Crippen LogP contribution in [0.4, 0.5) is 0 Å². The molecule has 0 bridgehead atoms. The van der Waals surface area contributed by atoms with Crippen LogP contribution >= 0.6 is 11.3 Å². The average molecular weight is 338 g/mol. The van der Waals surface area contributed by atoms with Crippen molar-refractivity contribution in [2.75, 3.05) is 0 Å². The van der Waals surface area contributed by atoms with Gasteiger partial charge in [0.15, 0.2) is 0 Å². The fraction of sp³-hybridized carbons (Fsp3) is 0.0588. The molecule has 0 saturated heterocycles. The molecule has 3 rings (SSSR count). The first kappa shape index (κ1) is 15.8. The van der Waals surface area contributed by atoms with Gasteiger partial charge < -0.3 is 0 Å². The Kier molecular flexibility index (Phi) is 4.93. The molecule has 2 N–H and O–H groups in total. The molecular weight excluding hydrogens is 324 g/mol. The lowest BCUT2D eigenvalue weighted by Gasteiger charge is -2.06. The van der Waals surface area contributed by atoms with Crippen LogP contribution in [0, 0.1) is 0 Å². The number of amides is 2. The van der Waals surface area contributed by atoms with Gasteiger partial charge in [-0.2, -0.15) is 0 Å². The molecule has 1 aromatic carbocycles. The molecular formula is C17H14N4O2S. The molecule has 2 aromatic heterocycles. The number of nitrogens with zero attached hydrogens (tertiary/aromatic N) is 2. The molecule has 120 valence electrons. The van der Waals surface area contributed by atoms with Crippen LogP contribution < -0.4 is 10.9 Å².